The van der Waals surface area contributed by atoms with Gasteiger partial charge in [-0.2, -0.15) is 18.4 Å². The maximum atomic E-state index is 14.0. The molecule has 0 saturated heterocycles. The molecule has 2 aromatic rings. The van der Waals surface area contributed by atoms with Crippen molar-refractivity contribution in [2.75, 3.05) is 7.11 Å². The molecule has 2 rings (SSSR count). The third-order valence-electron chi connectivity index (χ3n) is 3.14. The number of hydrogen-bond donors (Lipinski definition) is 0. The van der Waals surface area contributed by atoms with E-state index in [1.807, 2.05) is 6.07 Å². The van der Waals surface area contributed by atoms with E-state index in [-0.39, 0.29) is 12.0 Å². The molecule has 0 saturated carbocycles. The molecule has 0 unspecified atom stereocenters. The topological polar surface area (TPSA) is 33.0 Å². The minimum atomic E-state index is -4.60. The van der Waals surface area contributed by atoms with E-state index >= 15 is 0 Å². The van der Waals surface area contributed by atoms with E-state index in [0.29, 0.717) is 22.9 Å². The van der Waals surface area contributed by atoms with Gasteiger partial charge in [-0.25, -0.2) is 4.39 Å². The van der Waals surface area contributed by atoms with Crippen LogP contribution in [-0.4, -0.2) is 7.11 Å². The molecule has 22 heavy (non-hydrogen) atoms. The number of alkyl halides is 3. The smallest absolute Gasteiger partial charge is 0.416 e. The highest BCUT2D eigenvalue weighted by Gasteiger charge is 2.31. The summed E-state index contributed by atoms with van der Waals surface area (Å²) in [5.74, 6) is -0.687. The van der Waals surface area contributed by atoms with Gasteiger partial charge in [0.05, 0.1) is 25.2 Å². The first-order valence-corrected chi connectivity index (χ1v) is 6.28. The summed E-state index contributed by atoms with van der Waals surface area (Å²) in [6.45, 7) is 0. The fourth-order valence-electron chi connectivity index (χ4n) is 2.07. The molecule has 0 aromatic heterocycles. The Labute approximate surface area is 124 Å². The van der Waals surface area contributed by atoms with Crippen LogP contribution in [0.25, 0.3) is 11.1 Å². The average molecular weight is 309 g/mol. The molecule has 0 spiro atoms. The summed E-state index contributed by atoms with van der Waals surface area (Å²) in [5.41, 5.74) is -0.0343. The van der Waals surface area contributed by atoms with Gasteiger partial charge < -0.3 is 4.74 Å². The lowest BCUT2D eigenvalue weighted by Gasteiger charge is -2.13. The van der Waals surface area contributed by atoms with Crippen LogP contribution in [0, 0.1) is 17.1 Å². The van der Waals surface area contributed by atoms with Gasteiger partial charge >= 0.3 is 6.18 Å². The zero-order valence-electron chi connectivity index (χ0n) is 11.5. The number of methoxy groups -OCH3 is 1. The van der Waals surface area contributed by atoms with E-state index in [0.717, 1.165) is 12.1 Å². The van der Waals surface area contributed by atoms with Crippen LogP contribution >= 0.6 is 0 Å². The fraction of sp³-hybridized carbons (Fsp3) is 0.188. The van der Waals surface area contributed by atoms with Crippen molar-refractivity contribution in [2.24, 2.45) is 0 Å². The molecule has 6 heteroatoms. The third kappa shape index (κ3) is 3.19. The van der Waals surface area contributed by atoms with Crippen LogP contribution in [0.5, 0.6) is 5.75 Å². The largest absolute Gasteiger partial charge is 0.496 e. The molecule has 0 amide bonds. The number of rotatable bonds is 3. The summed E-state index contributed by atoms with van der Waals surface area (Å²) in [4.78, 5) is 0. The van der Waals surface area contributed by atoms with Gasteiger partial charge in [0.1, 0.15) is 11.6 Å². The maximum Gasteiger partial charge on any atom is 0.416 e. The second kappa shape index (κ2) is 6.06. The minimum absolute atomic E-state index is 0.00774. The van der Waals surface area contributed by atoms with E-state index in [1.165, 1.54) is 13.2 Å². The second-order valence-corrected chi connectivity index (χ2v) is 4.56. The molecule has 0 aliphatic heterocycles. The molecule has 0 fully saturated rings. The van der Waals surface area contributed by atoms with Crippen LogP contribution < -0.4 is 4.74 Å². The first-order valence-electron chi connectivity index (χ1n) is 6.28. The first-order chi connectivity index (χ1) is 10.4. The molecule has 2 nitrogen and oxygen atoms in total. The lowest BCUT2D eigenvalue weighted by molar-refractivity contribution is -0.137. The summed E-state index contributed by atoms with van der Waals surface area (Å²) >= 11 is 0. The number of benzene rings is 2. The average Bonchev–Trinajstić information content (AvgIpc) is 2.47. The number of nitriles is 1. The van der Waals surface area contributed by atoms with Gasteiger partial charge in [-0.1, -0.05) is 18.2 Å². The second-order valence-electron chi connectivity index (χ2n) is 4.56. The molecule has 0 N–H and O–H groups in total. The van der Waals surface area contributed by atoms with Crippen LogP contribution in [0.2, 0.25) is 0 Å². The molecular formula is C16H11F4NO. The number of nitrogens with zero attached hydrogens (tertiary/aromatic N) is 1. The van der Waals surface area contributed by atoms with E-state index in [2.05, 4.69) is 0 Å². The summed E-state index contributed by atoms with van der Waals surface area (Å²) in [7, 11) is 1.37. The normalized spacial score (nSPS) is 11.1. The Hall–Kier alpha value is -2.55. The van der Waals surface area contributed by atoms with E-state index < -0.39 is 17.6 Å². The van der Waals surface area contributed by atoms with Crippen LogP contribution in [0.3, 0.4) is 0 Å². The molecule has 0 heterocycles. The molecule has 114 valence electrons. The summed E-state index contributed by atoms with van der Waals surface area (Å²) in [6.07, 6.45) is -4.44. The van der Waals surface area contributed by atoms with Crippen LogP contribution in [0.1, 0.15) is 11.1 Å². The van der Waals surface area contributed by atoms with Gasteiger partial charge in [0.15, 0.2) is 0 Å². The first kappa shape index (κ1) is 15.8. The molecular weight excluding hydrogens is 298 g/mol. The fourth-order valence-corrected chi connectivity index (χ4v) is 2.07. The van der Waals surface area contributed by atoms with Gasteiger partial charge in [0, 0.05) is 11.1 Å². The Morgan fingerprint density at radius 3 is 2.32 bits per heavy atom. The van der Waals surface area contributed by atoms with Crippen molar-refractivity contribution in [3.8, 4) is 22.9 Å². The molecule has 0 atom stereocenters. The third-order valence-corrected chi connectivity index (χ3v) is 3.14. The number of ether oxygens (including phenoxy) is 1. The zero-order chi connectivity index (χ0) is 16.3. The SMILES string of the molecule is COc1cc(CC#N)ccc1-c1ccc(C(F)(F)F)cc1F. The van der Waals surface area contributed by atoms with E-state index in [4.69, 9.17) is 10.00 Å². The van der Waals surface area contributed by atoms with E-state index in [9.17, 15) is 17.6 Å². The highest BCUT2D eigenvalue weighted by Crippen LogP contribution is 2.36. The van der Waals surface area contributed by atoms with Gasteiger partial charge in [0.2, 0.25) is 0 Å². The Kier molecular flexibility index (Phi) is 4.36. The molecule has 0 bridgehead atoms. The predicted molar refractivity (Wildman–Crippen MR) is 72.7 cm³/mol. The van der Waals surface area contributed by atoms with Crippen molar-refractivity contribution in [3.63, 3.8) is 0 Å². The van der Waals surface area contributed by atoms with Crippen molar-refractivity contribution < 1.29 is 22.3 Å². The molecule has 0 radical (unpaired) electrons. The van der Waals surface area contributed by atoms with Gasteiger partial charge in [-0.15, -0.1) is 0 Å². The van der Waals surface area contributed by atoms with Crippen molar-refractivity contribution in [1.82, 2.24) is 0 Å². The van der Waals surface area contributed by atoms with Crippen molar-refractivity contribution in [3.05, 3.63) is 53.3 Å². The Balaban J connectivity index is 2.50. The number of hydrogen-bond acceptors (Lipinski definition) is 2. The monoisotopic (exact) mass is 309 g/mol. The van der Waals surface area contributed by atoms with Crippen molar-refractivity contribution in [1.29, 1.82) is 5.26 Å². The van der Waals surface area contributed by atoms with E-state index in [1.54, 1.807) is 12.1 Å². The van der Waals surface area contributed by atoms with Gasteiger partial charge in [0.25, 0.3) is 0 Å². The van der Waals surface area contributed by atoms with Crippen LogP contribution in [0.4, 0.5) is 17.6 Å². The zero-order valence-corrected chi connectivity index (χ0v) is 11.5. The molecule has 0 aliphatic rings. The maximum absolute atomic E-state index is 14.0. The summed E-state index contributed by atoms with van der Waals surface area (Å²) in [6, 6.07) is 9.02. The number of halogens is 4. The Bertz CT molecular complexity index is 732. The standard InChI is InChI=1S/C16H11F4NO/c1-22-15-8-10(6-7-21)2-4-13(15)12-5-3-11(9-14(12)17)16(18,19)20/h2-5,8-9H,6H2,1H3. The van der Waals surface area contributed by atoms with Crippen molar-refractivity contribution >= 4 is 0 Å². The molecule has 2 aromatic carbocycles. The highest BCUT2D eigenvalue weighted by atomic mass is 19.4. The molecule has 0 aliphatic carbocycles. The Morgan fingerprint density at radius 1 is 1.09 bits per heavy atom. The summed E-state index contributed by atoms with van der Waals surface area (Å²) in [5, 5.41) is 8.66. The van der Waals surface area contributed by atoms with Crippen molar-refractivity contribution in [2.45, 2.75) is 12.6 Å². The quantitative estimate of drug-likeness (QED) is 0.777. The predicted octanol–water partition coefficient (Wildman–Crippen LogP) is 4.59. The van der Waals surface area contributed by atoms with Gasteiger partial charge in [-0.3, -0.25) is 0 Å². The van der Waals surface area contributed by atoms with Crippen LogP contribution in [-0.2, 0) is 12.6 Å². The Morgan fingerprint density at radius 2 is 1.77 bits per heavy atom. The highest BCUT2D eigenvalue weighted by molar-refractivity contribution is 5.72. The van der Waals surface area contributed by atoms with Gasteiger partial charge in [-0.05, 0) is 23.8 Å². The van der Waals surface area contributed by atoms with Crippen LogP contribution in [0.15, 0.2) is 36.4 Å². The lowest BCUT2D eigenvalue weighted by atomic mass is 9.99. The summed E-state index contributed by atoms with van der Waals surface area (Å²) < 4.78 is 56.9. The lowest BCUT2D eigenvalue weighted by Crippen LogP contribution is -2.05. The minimum Gasteiger partial charge on any atom is -0.496 e.